The van der Waals surface area contributed by atoms with Crippen molar-refractivity contribution in [1.29, 1.82) is 0 Å². The number of likely N-dealkylation sites (tertiary alicyclic amines) is 1. The van der Waals surface area contributed by atoms with Crippen LogP contribution in [0, 0.1) is 0 Å². The summed E-state index contributed by atoms with van der Waals surface area (Å²) in [5.74, 6) is 1.64. The Morgan fingerprint density at radius 3 is 2.72 bits per heavy atom. The second-order valence-electron chi connectivity index (χ2n) is 9.70. The van der Waals surface area contributed by atoms with Crippen molar-refractivity contribution in [2.24, 2.45) is 0 Å². The zero-order chi connectivity index (χ0) is 24.3. The van der Waals surface area contributed by atoms with Crippen LogP contribution in [0.2, 0.25) is 0 Å². The normalized spacial score (nSPS) is 16.0. The molecule has 1 saturated heterocycles. The minimum atomic E-state index is -0.00332. The highest BCUT2D eigenvalue weighted by Crippen LogP contribution is 2.21. The number of aromatic nitrogens is 5. The van der Waals surface area contributed by atoms with Gasteiger partial charge in [-0.3, -0.25) is 14.4 Å². The van der Waals surface area contributed by atoms with Crippen LogP contribution in [-0.4, -0.2) is 67.5 Å². The van der Waals surface area contributed by atoms with Crippen LogP contribution in [0.1, 0.15) is 37.1 Å². The van der Waals surface area contributed by atoms with E-state index in [0.29, 0.717) is 12.5 Å². The smallest absolute Gasteiger partial charge is 0.241 e. The summed E-state index contributed by atoms with van der Waals surface area (Å²) in [7, 11) is 0. The van der Waals surface area contributed by atoms with Gasteiger partial charge in [-0.05, 0) is 68.6 Å². The van der Waals surface area contributed by atoms with Crippen molar-refractivity contribution >= 4 is 11.6 Å². The van der Waals surface area contributed by atoms with Crippen molar-refractivity contribution in [2.45, 2.75) is 44.7 Å². The van der Waals surface area contributed by atoms with E-state index >= 15 is 0 Å². The van der Waals surface area contributed by atoms with E-state index in [1.807, 2.05) is 41.0 Å². The molecule has 2 aliphatic rings. The summed E-state index contributed by atoms with van der Waals surface area (Å²) < 4.78 is 9.43. The number of nitrogens with zero attached hydrogens (tertiary/aromatic N) is 6. The largest absolute Gasteiger partial charge is 0.492 e. The first-order valence-corrected chi connectivity index (χ1v) is 12.8. The van der Waals surface area contributed by atoms with E-state index in [-0.39, 0.29) is 12.5 Å². The SMILES string of the molecule is O=C(Cn1cc(-c2cccc3nc(Cc4ccc(OCCN5CCCC5)cc4)nn23)cn1)NC1CC1. The van der Waals surface area contributed by atoms with Crippen LogP contribution in [0.3, 0.4) is 0 Å². The van der Waals surface area contributed by atoms with Crippen LogP contribution in [0.15, 0.2) is 54.9 Å². The lowest BCUT2D eigenvalue weighted by atomic mass is 10.1. The number of ether oxygens (including phenoxy) is 1. The van der Waals surface area contributed by atoms with Gasteiger partial charge in [0.2, 0.25) is 5.91 Å². The Morgan fingerprint density at radius 2 is 1.92 bits per heavy atom. The van der Waals surface area contributed by atoms with E-state index in [1.165, 1.54) is 25.9 Å². The van der Waals surface area contributed by atoms with Crippen molar-refractivity contribution in [3.05, 3.63) is 66.2 Å². The molecule has 36 heavy (non-hydrogen) atoms. The molecule has 4 heterocycles. The summed E-state index contributed by atoms with van der Waals surface area (Å²) in [6, 6.07) is 14.5. The molecular formula is C27H31N7O2. The number of hydrogen-bond acceptors (Lipinski definition) is 6. The van der Waals surface area contributed by atoms with Crippen molar-refractivity contribution in [3.63, 3.8) is 0 Å². The summed E-state index contributed by atoms with van der Waals surface area (Å²) in [5.41, 5.74) is 3.70. The van der Waals surface area contributed by atoms with E-state index in [0.717, 1.165) is 60.0 Å². The Bertz CT molecular complexity index is 1330. The van der Waals surface area contributed by atoms with E-state index < -0.39 is 0 Å². The average molecular weight is 486 g/mol. The van der Waals surface area contributed by atoms with Crippen LogP contribution in [0.5, 0.6) is 5.75 Å². The van der Waals surface area contributed by atoms with Crippen LogP contribution < -0.4 is 10.1 Å². The van der Waals surface area contributed by atoms with Crippen LogP contribution in [-0.2, 0) is 17.8 Å². The molecule has 3 aromatic heterocycles. The fraction of sp³-hybridized carbons (Fsp3) is 0.407. The number of carbonyl (C=O) groups is 1. The predicted octanol–water partition coefficient (Wildman–Crippen LogP) is 2.94. The molecule has 0 radical (unpaired) electrons. The van der Waals surface area contributed by atoms with E-state index in [4.69, 9.17) is 14.8 Å². The van der Waals surface area contributed by atoms with Gasteiger partial charge < -0.3 is 10.1 Å². The lowest BCUT2D eigenvalue weighted by molar-refractivity contribution is -0.122. The van der Waals surface area contributed by atoms with E-state index in [9.17, 15) is 4.79 Å². The molecule has 1 aliphatic heterocycles. The lowest BCUT2D eigenvalue weighted by Gasteiger charge is -2.14. The number of pyridine rings is 1. The highest BCUT2D eigenvalue weighted by molar-refractivity contribution is 5.76. The molecule has 6 rings (SSSR count). The molecule has 1 aliphatic carbocycles. The zero-order valence-electron chi connectivity index (χ0n) is 20.3. The topological polar surface area (TPSA) is 89.6 Å². The summed E-state index contributed by atoms with van der Waals surface area (Å²) in [6.07, 6.45) is 9.03. The van der Waals surface area contributed by atoms with Crippen molar-refractivity contribution in [3.8, 4) is 17.0 Å². The zero-order valence-corrected chi connectivity index (χ0v) is 20.3. The van der Waals surface area contributed by atoms with Gasteiger partial charge in [-0.1, -0.05) is 18.2 Å². The maximum atomic E-state index is 12.1. The summed E-state index contributed by atoms with van der Waals surface area (Å²) in [5, 5.41) is 12.1. The summed E-state index contributed by atoms with van der Waals surface area (Å²) >= 11 is 0. The van der Waals surface area contributed by atoms with Crippen molar-refractivity contribution in [1.82, 2.24) is 34.6 Å². The minimum Gasteiger partial charge on any atom is -0.492 e. The third-order valence-corrected chi connectivity index (χ3v) is 6.74. The molecule has 186 valence electrons. The number of benzene rings is 1. The molecule has 0 bridgehead atoms. The Labute approximate surface area is 210 Å². The maximum Gasteiger partial charge on any atom is 0.241 e. The number of carbonyl (C=O) groups excluding carboxylic acids is 1. The van der Waals surface area contributed by atoms with Gasteiger partial charge in [0.15, 0.2) is 11.5 Å². The lowest BCUT2D eigenvalue weighted by Crippen LogP contribution is -2.29. The highest BCUT2D eigenvalue weighted by Gasteiger charge is 2.23. The third kappa shape index (κ3) is 5.41. The Balaban J connectivity index is 1.10. The van der Waals surface area contributed by atoms with Gasteiger partial charge in [0.05, 0.1) is 11.9 Å². The average Bonchev–Trinajstić information content (AvgIpc) is 3.26. The molecule has 2 fully saturated rings. The van der Waals surface area contributed by atoms with Gasteiger partial charge in [0.25, 0.3) is 0 Å². The van der Waals surface area contributed by atoms with Crippen LogP contribution in [0.4, 0.5) is 0 Å². The number of nitrogens with one attached hydrogen (secondary N) is 1. The first kappa shape index (κ1) is 22.7. The van der Waals surface area contributed by atoms with E-state index in [2.05, 4.69) is 27.4 Å². The van der Waals surface area contributed by atoms with Gasteiger partial charge in [0.1, 0.15) is 18.9 Å². The molecule has 0 spiro atoms. The molecule has 4 aromatic rings. The number of rotatable bonds is 10. The first-order chi connectivity index (χ1) is 17.7. The molecule has 1 aromatic carbocycles. The second kappa shape index (κ2) is 10.1. The number of fused-ring (bicyclic) bond motifs is 1. The molecule has 0 unspecified atom stereocenters. The Morgan fingerprint density at radius 1 is 1.08 bits per heavy atom. The first-order valence-electron chi connectivity index (χ1n) is 12.8. The quantitative estimate of drug-likeness (QED) is 0.372. The van der Waals surface area contributed by atoms with Gasteiger partial charge in [-0.15, -0.1) is 0 Å². The maximum absolute atomic E-state index is 12.1. The van der Waals surface area contributed by atoms with Gasteiger partial charge in [0, 0.05) is 30.8 Å². The highest BCUT2D eigenvalue weighted by atomic mass is 16.5. The van der Waals surface area contributed by atoms with Crippen LogP contribution >= 0.6 is 0 Å². The molecule has 0 atom stereocenters. The standard InChI is InChI=1S/C27H31N7O2/c35-27(29-22-8-9-22)19-33-18-21(17-28-33)24-4-3-5-26-30-25(31-34(24)26)16-20-6-10-23(11-7-20)36-15-14-32-12-1-2-13-32/h3-7,10-11,17-18,22H,1-2,8-9,12-16,19H2,(H,29,35). The van der Waals surface area contributed by atoms with Gasteiger partial charge >= 0.3 is 0 Å². The molecule has 9 nitrogen and oxygen atoms in total. The molecule has 1 N–H and O–H groups in total. The number of amides is 1. The van der Waals surface area contributed by atoms with Crippen molar-refractivity contribution < 1.29 is 9.53 Å². The van der Waals surface area contributed by atoms with Crippen molar-refractivity contribution in [2.75, 3.05) is 26.2 Å². The fourth-order valence-corrected chi connectivity index (χ4v) is 4.66. The summed E-state index contributed by atoms with van der Waals surface area (Å²) in [4.78, 5) is 19.3. The molecular weight excluding hydrogens is 454 g/mol. The summed E-state index contributed by atoms with van der Waals surface area (Å²) in [6.45, 7) is 4.30. The minimum absolute atomic E-state index is 0.00332. The monoisotopic (exact) mass is 485 g/mol. The van der Waals surface area contributed by atoms with E-state index in [1.54, 1.807) is 10.9 Å². The Hall–Kier alpha value is -3.72. The number of hydrogen-bond donors (Lipinski definition) is 1. The Kier molecular flexibility index (Phi) is 6.38. The molecule has 1 amide bonds. The predicted molar refractivity (Wildman–Crippen MR) is 136 cm³/mol. The molecule has 1 saturated carbocycles. The van der Waals surface area contributed by atoms with Crippen LogP contribution in [0.25, 0.3) is 16.9 Å². The fourth-order valence-electron chi connectivity index (χ4n) is 4.66. The second-order valence-corrected chi connectivity index (χ2v) is 9.70. The third-order valence-electron chi connectivity index (χ3n) is 6.74. The van der Waals surface area contributed by atoms with Gasteiger partial charge in [-0.25, -0.2) is 9.50 Å². The molecule has 9 heteroatoms. The van der Waals surface area contributed by atoms with Gasteiger partial charge in [-0.2, -0.15) is 10.2 Å².